The van der Waals surface area contributed by atoms with Gasteiger partial charge in [-0.05, 0) is 167 Å². The van der Waals surface area contributed by atoms with Crippen molar-refractivity contribution in [1.82, 2.24) is 0 Å². The minimum Gasteiger partial charge on any atom is -0.477 e. The number of allylic oxidation sites excluding steroid dienone is 40. The van der Waals surface area contributed by atoms with Crippen LogP contribution in [0, 0.1) is 0 Å². The second-order valence-electron chi connectivity index (χ2n) is 24.1. The zero-order valence-electron chi connectivity index (χ0n) is 60.0. The smallest absolute Gasteiger partial charge is 0.361 e. The second kappa shape index (κ2) is 72.9. The Labute approximate surface area is 580 Å². The van der Waals surface area contributed by atoms with Crippen LogP contribution in [0.25, 0.3) is 0 Å². The van der Waals surface area contributed by atoms with Crippen LogP contribution < -0.4 is 0 Å². The van der Waals surface area contributed by atoms with Gasteiger partial charge in [0.25, 0.3) is 6.29 Å². The predicted molar refractivity (Wildman–Crippen MR) is 409 cm³/mol. The molecule has 95 heavy (non-hydrogen) atoms. The van der Waals surface area contributed by atoms with Gasteiger partial charge in [-0.15, -0.1) is 0 Å². The van der Waals surface area contributed by atoms with Crippen LogP contribution in [0.4, 0.5) is 0 Å². The van der Waals surface area contributed by atoms with Gasteiger partial charge in [0.1, 0.15) is 13.2 Å². The number of carboxylic acids is 1. The van der Waals surface area contributed by atoms with Gasteiger partial charge in [-0.2, -0.15) is 0 Å². The molecule has 0 heterocycles. The highest BCUT2D eigenvalue weighted by Crippen LogP contribution is 2.12. The summed E-state index contributed by atoms with van der Waals surface area (Å²) in [5.41, 5.74) is 0. The van der Waals surface area contributed by atoms with Crippen LogP contribution in [0.3, 0.4) is 0 Å². The molecule has 9 nitrogen and oxygen atoms in total. The molecule has 0 amide bonds. The second-order valence-corrected chi connectivity index (χ2v) is 24.1. The maximum atomic E-state index is 12.9. The topological polar surface area (TPSA) is 108 Å². The number of unbranched alkanes of at least 4 members (excludes halogenated alkanes) is 8. The summed E-state index contributed by atoms with van der Waals surface area (Å²) in [5.74, 6) is -2.11. The van der Waals surface area contributed by atoms with Crippen LogP contribution in [0.1, 0.15) is 219 Å². The lowest BCUT2D eigenvalue weighted by Gasteiger charge is -2.25. The van der Waals surface area contributed by atoms with Gasteiger partial charge < -0.3 is 28.5 Å². The van der Waals surface area contributed by atoms with Crippen LogP contribution in [-0.2, 0) is 33.3 Å². The van der Waals surface area contributed by atoms with E-state index in [1.165, 1.54) is 0 Å². The number of carbonyl (C=O) groups excluding carboxylic acids is 2. The van der Waals surface area contributed by atoms with E-state index in [-0.39, 0.29) is 38.6 Å². The quantitative estimate of drug-likeness (QED) is 0.0211. The van der Waals surface area contributed by atoms with Crippen molar-refractivity contribution >= 4 is 17.9 Å². The molecule has 2 atom stereocenters. The Morgan fingerprint density at radius 1 is 0.316 bits per heavy atom. The third kappa shape index (κ3) is 74.4. The zero-order chi connectivity index (χ0) is 69.0. The monoisotopic (exact) mass is 1300 g/mol. The molecule has 0 saturated carbocycles. The standard InChI is InChI=1S/C86H129NO8/c1-6-8-10-12-14-16-18-20-22-24-26-28-30-32-34-36-38-40-42-44-46-48-50-52-54-56-58-60-62-64-66-68-70-72-74-76-83(88)93-80-82(81-94-86(85(90)91)92-79-78-87(3,4)5)95-84(89)77-75-73-71-69-67-65-63-61-59-57-55-53-51-49-47-45-43-41-39-37-35-33-31-29-27-25-23-21-19-17-15-13-11-9-7-2/h8-11,14-17,20-23,26-29,32-35,38-41,44-47,50-53,56-59,62-65,82,86H,6-7,12-13,18-19,24-25,30-31,36-37,42-43,48-49,54-55,60-61,66-81H2,1-5H3/p+1/b10-8-,11-9-,16-14-,17-15-,22-20-,23-21-,28-26-,29-27-,34-32-,35-33-,40-38-,41-39-,46-44-,47-45-,52-50-,53-51-,58-56-,59-57-,64-62-,65-63-. The molecule has 0 aromatic carbocycles. The zero-order valence-corrected chi connectivity index (χ0v) is 60.0. The van der Waals surface area contributed by atoms with Gasteiger partial charge in [0, 0.05) is 12.8 Å². The fourth-order valence-corrected chi connectivity index (χ4v) is 8.66. The number of nitrogens with zero attached hydrogens (tertiary/aromatic N) is 1. The van der Waals surface area contributed by atoms with E-state index in [1.807, 2.05) is 21.1 Å². The van der Waals surface area contributed by atoms with Crippen molar-refractivity contribution < 1.29 is 42.9 Å². The minimum absolute atomic E-state index is 0.163. The van der Waals surface area contributed by atoms with Crippen molar-refractivity contribution in [2.24, 2.45) is 0 Å². The van der Waals surface area contributed by atoms with Crippen molar-refractivity contribution in [2.45, 2.75) is 232 Å². The van der Waals surface area contributed by atoms with Gasteiger partial charge in [0.05, 0.1) is 34.4 Å². The first-order valence-corrected chi connectivity index (χ1v) is 36.2. The maximum absolute atomic E-state index is 12.9. The first-order valence-electron chi connectivity index (χ1n) is 36.2. The normalized spacial score (nSPS) is 14.2. The van der Waals surface area contributed by atoms with Gasteiger partial charge in [0.2, 0.25) is 0 Å². The molecule has 2 unspecified atom stereocenters. The molecule has 0 aliphatic heterocycles. The van der Waals surface area contributed by atoms with Crippen molar-refractivity contribution in [3.8, 4) is 0 Å². The van der Waals surface area contributed by atoms with E-state index in [0.29, 0.717) is 23.9 Å². The number of aliphatic carboxylic acids is 1. The lowest BCUT2D eigenvalue weighted by molar-refractivity contribution is -0.870. The maximum Gasteiger partial charge on any atom is 0.361 e. The number of hydrogen-bond donors (Lipinski definition) is 1. The Morgan fingerprint density at radius 3 is 0.832 bits per heavy atom. The van der Waals surface area contributed by atoms with E-state index in [4.69, 9.17) is 18.9 Å². The number of rotatable bonds is 63. The van der Waals surface area contributed by atoms with Crippen LogP contribution in [0.2, 0.25) is 0 Å². The first kappa shape index (κ1) is 88.1. The van der Waals surface area contributed by atoms with Crippen LogP contribution in [0.5, 0.6) is 0 Å². The molecular formula is C86H130NO8+. The number of carbonyl (C=O) groups is 3. The molecule has 526 valence electrons. The summed E-state index contributed by atoms with van der Waals surface area (Å²) in [4.78, 5) is 37.6. The lowest BCUT2D eigenvalue weighted by Crippen LogP contribution is -2.40. The van der Waals surface area contributed by atoms with Gasteiger partial charge in [-0.1, -0.05) is 283 Å². The van der Waals surface area contributed by atoms with Crippen molar-refractivity contribution in [1.29, 1.82) is 0 Å². The summed E-state index contributed by atoms with van der Waals surface area (Å²) in [6.45, 7) is 4.54. The molecule has 0 fully saturated rings. The van der Waals surface area contributed by atoms with E-state index in [1.54, 1.807) is 0 Å². The number of carboxylic acid groups (broad SMARTS) is 1. The van der Waals surface area contributed by atoms with Gasteiger partial charge >= 0.3 is 17.9 Å². The summed E-state index contributed by atoms with van der Waals surface area (Å²) in [5, 5.41) is 9.75. The fourth-order valence-electron chi connectivity index (χ4n) is 8.66. The highest BCUT2D eigenvalue weighted by molar-refractivity contribution is 5.71. The molecule has 0 spiro atoms. The summed E-state index contributed by atoms with van der Waals surface area (Å²) in [7, 11) is 5.94. The fraction of sp³-hybridized carbons (Fsp3) is 0.500. The highest BCUT2D eigenvalue weighted by atomic mass is 16.7. The minimum atomic E-state index is -1.54. The third-order valence-electron chi connectivity index (χ3n) is 14.1. The SMILES string of the molecule is CC/C=C\C/C=C\C/C=C\C/C=C\C/C=C\C/C=C\C/C=C\C/C=C\C/C=C\C/C=C\CCCCCCC(=O)OCC(COC(OCC[N+](C)(C)C)C(=O)O)OC(=O)CCCCCC/C=C\C/C=C\C/C=C\C/C=C\C/C=C\C/C=C\C/C=C\C/C=C\C/C=C\C/C=C\CC. The molecule has 0 saturated heterocycles. The average Bonchev–Trinajstić information content (AvgIpc) is 2.94. The summed E-state index contributed by atoms with van der Waals surface area (Å²) in [6, 6.07) is 0. The van der Waals surface area contributed by atoms with Crippen LogP contribution in [-0.4, -0.2) is 87.4 Å². The molecule has 0 aromatic rings. The molecule has 0 aliphatic carbocycles. The number of ether oxygens (including phenoxy) is 4. The van der Waals surface area contributed by atoms with E-state index in [2.05, 4.69) is 257 Å². The molecule has 0 bridgehead atoms. The van der Waals surface area contributed by atoms with Crippen molar-refractivity contribution in [3.05, 3.63) is 243 Å². The number of quaternary nitrogens is 1. The lowest BCUT2D eigenvalue weighted by atomic mass is 10.1. The van der Waals surface area contributed by atoms with Crippen LogP contribution in [0.15, 0.2) is 243 Å². The molecule has 0 radical (unpaired) electrons. The Balaban J connectivity index is 4.34. The Hall–Kier alpha value is -6.91. The molecule has 9 heteroatoms. The van der Waals surface area contributed by atoms with Gasteiger partial charge in [-0.3, -0.25) is 9.59 Å². The summed E-state index contributed by atoms with van der Waals surface area (Å²) < 4.78 is 22.9. The summed E-state index contributed by atoms with van der Waals surface area (Å²) >= 11 is 0. The van der Waals surface area contributed by atoms with Crippen molar-refractivity contribution in [3.63, 3.8) is 0 Å². The largest absolute Gasteiger partial charge is 0.477 e. The number of esters is 2. The van der Waals surface area contributed by atoms with E-state index in [0.717, 1.165) is 180 Å². The Bertz CT molecular complexity index is 2470. The van der Waals surface area contributed by atoms with Gasteiger partial charge in [0.15, 0.2) is 6.10 Å². The van der Waals surface area contributed by atoms with Gasteiger partial charge in [-0.25, -0.2) is 4.79 Å². The van der Waals surface area contributed by atoms with Crippen molar-refractivity contribution in [2.75, 3.05) is 47.5 Å². The average molecular weight is 1310 g/mol. The number of likely N-dealkylation sites (N-methyl/N-ethyl adjacent to an activating group) is 1. The predicted octanol–water partition coefficient (Wildman–Crippen LogP) is 23.2. The Kier molecular flexibility index (Phi) is 67.6. The number of hydrogen-bond acceptors (Lipinski definition) is 7. The highest BCUT2D eigenvalue weighted by Gasteiger charge is 2.25. The summed E-state index contributed by atoms with van der Waals surface area (Å²) in [6.07, 6.45) is 116. The molecule has 0 rings (SSSR count). The molecule has 0 aromatic heterocycles. The molecule has 0 aliphatic rings. The van der Waals surface area contributed by atoms with E-state index >= 15 is 0 Å². The Morgan fingerprint density at radius 2 is 0.568 bits per heavy atom. The van der Waals surface area contributed by atoms with Crippen LogP contribution >= 0.6 is 0 Å². The molecular weight excluding hydrogens is 1170 g/mol. The molecule has 1 N–H and O–H groups in total. The third-order valence-corrected chi connectivity index (χ3v) is 14.1. The first-order chi connectivity index (χ1) is 46.6. The van der Waals surface area contributed by atoms with E-state index < -0.39 is 24.3 Å². The van der Waals surface area contributed by atoms with E-state index in [9.17, 15) is 19.5 Å².